The first-order valence-electron chi connectivity index (χ1n) is 9.24. The quantitative estimate of drug-likeness (QED) is 0.890. The Kier molecular flexibility index (Phi) is 4.61. The minimum Gasteiger partial charge on any atom is -0.372 e. The van der Waals surface area contributed by atoms with Gasteiger partial charge < -0.3 is 15.5 Å². The molecule has 2 aliphatic heterocycles. The Balaban J connectivity index is 1.37. The summed E-state index contributed by atoms with van der Waals surface area (Å²) in [4.78, 5) is 26.1. The van der Waals surface area contributed by atoms with Crippen molar-refractivity contribution < 1.29 is 9.59 Å². The number of carbonyl (C=O) groups excluding carboxylic acids is 2. The second-order valence-electron chi connectivity index (χ2n) is 7.01. The van der Waals surface area contributed by atoms with E-state index >= 15 is 0 Å². The van der Waals surface area contributed by atoms with Crippen LogP contribution < -0.4 is 15.5 Å². The van der Waals surface area contributed by atoms with Crippen molar-refractivity contribution in [2.75, 3.05) is 28.6 Å². The molecule has 2 N–H and O–H groups in total. The van der Waals surface area contributed by atoms with Gasteiger partial charge in [0.2, 0.25) is 11.8 Å². The Hall–Kier alpha value is -2.82. The molecule has 2 amide bonds. The maximum atomic E-state index is 12.4. The second kappa shape index (κ2) is 7.20. The molecule has 2 aliphatic rings. The van der Waals surface area contributed by atoms with Gasteiger partial charge in [0.1, 0.15) is 0 Å². The third kappa shape index (κ3) is 3.72. The highest BCUT2D eigenvalue weighted by molar-refractivity contribution is 5.95. The average molecular weight is 349 g/mol. The fraction of sp³-hybridized carbons (Fsp3) is 0.333. The molecule has 4 rings (SSSR count). The van der Waals surface area contributed by atoms with Crippen LogP contribution in [-0.4, -0.2) is 24.9 Å². The molecule has 1 fully saturated rings. The maximum Gasteiger partial charge on any atom is 0.228 e. The van der Waals surface area contributed by atoms with E-state index in [1.54, 1.807) is 0 Å². The molecule has 1 saturated heterocycles. The molecule has 0 bridgehead atoms. The van der Waals surface area contributed by atoms with Crippen LogP contribution in [0.1, 0.15) is 30.4 Å². The van der Waals surface area contributed by atoms with Crippen molar-refractivity contribution in [1.29, 1.82) is 0 Å². The van der Waals surface area contributed by atoms with Gasteiger partial charge in [-0.25, -0.2) is 0 Å². The van der Waals surface area contributed by atoms with Crippen molar-refractivity contribution in [1.82, 2.24) is 0 Å². The Bertz CT molecular complexity index is 824. The Morgan fingerprint density at radius 1 is 1.04 bits per heavy atom. The smallest absolute Gasteiger partial charge is 0.228 e. The zero-order valence-electron chi connectivity index (χ0n) is 14.8. The molecule has 5 nitrogen and oxygen atoms in total. The van der Waals surface area contributed by atoms with Crippen molar-refractivity contribution in [2.24, 2.45) is 0 Å². The van der Waals surface area contributed by atoms with E-state index < -0.39 is 0 Å². The zero-order valence-corrected chi connectivity index (χ0v) is 14.8. The fourth-order valence-electron chi connectivity index (χ4n) is 3.67. The van der Waals surface area contributed by atoms with Gasteiger partial charge in [-0.05, 0) is 60.7 Å². The Morgan fingerprint density at radius 3 is 2.58 bits per heavy atom. The number of hydrogen-bond acceptors (Lipinski definition) is 3. The summed E-state index contributed by atoms with van der Waals surface area (Å²) in [5.41, 5.74) is 4.97. The van der Waals surface area contributed by atoms with Crippen LogP contribution in [0.4, 0.5) is 17.1 Å². The molecular formula is C21H23N3O2. The lowest BCUT2D eigenvalue weighted by atomic mass is 9.99. The number of aryl methyl sites for hydroxylation is 1. The van der Waals surface area contributed by atoms with Crippen molar-refractivity contribution in [2.45, 2.75) is 32.1 Å². The third-order valence-electron chi connectivity index (χ3n) is 5.05. The van der Waals surface area contributed by atoms with Crippen molar-refractivity contribution in [3.05, 3.63) is 53.6 Å². The number of nitrogens with zero attached hydrogens (tertiary/aromatic N) is 1. The number of rotatable bonds is 4. The van der Waals surface area contributed by atoms with Gasteiger partial charge in [0.15, 0.2) is 0 Å². The summed E-state index contributed by atoms with van der Waals surface area (Å²) in [5, 5.41) is 5.83. The predicted molar refractivity (Wildman–Crippen MR) is 104 cm³/mol. The lowest BCUT2D eigenvalue weighted by Crippen LogP contribution is -2.20. The van der Waals surface area contributed by atoms with Crippen LogP contribution in [-0.2, 0) is 22.4 Å². The highest BCUT2D eigenvalue weighted by atomic mass is 16.2. The minimum atomic E-state index is -0.0290. The lowest BCUT2D eigenvalue weighted by Gasteiger charge is -2.18. The molecule has 2 aromatic rings. The second-order valence-corrected chi connectivity index (χ2v) is 7.01. The number of hydrogen-bond donors (Lipinski definition) is 2. The van der Waals surface area contributed by atoms with E-state index in [1.807, 2.05) is 30.3 Å². The Labute approximate surface area is 153 Å². The summed E-state index contributed by atoms with van der Waals surface area (Å²) >= 11 is 0. The molecular weight excluding hydrogens is 326 g/mol. The van der Waals surface area contributed by atoms with Crippen molar-refractivity contribution >= 4 is 28.9 Å². The molecule has 0 atom stereocenters. The van der Waals surface area contributed by atoms with Gasteiger partial charge in [-0.3, -0.25) is 9.59 Å². The van der Waals surface area contributed by atoms with E-state index in [4.69, 9.17) is 0 Å². The van der Waals surface area contributed by atoms with Gasteiger partial charge in [0.25, 0.3) is 0 Å². The van der Waals surface area contributed by atoms with E-state index in [9.17, 15) is 9.59 Å². The van der Waals surface area contributed by atoms with Crippen molar-refractivity contribution in [3.8, 4) is 0 Å². The van der Waals surface area contributed by atoms with Crippen LogP contribution in [0, 0.1) is 0 Å². The molecule has 0 aliphatic carbocycles. The van der Waals surface area contributed by atoms with Crippen LogP contribution >= 0.6 is 0 Å². The van der Waals surface area contributed by atoms with Gasteiger partial charge in [-0.1, -0.05) is 12.1 Å². The number of anilines is 3. The van der Waals surface area contributed by atoms with E-state index in [2.05, 4.69) is 27.7 Å². The highest BCUT2D eigenvalue weighted by Crippen LogP contribution is 2.24. The molecule has 2 heterocycles. The summed E-state index contributed by atoms with van der Waals surface area (Å²) in [5.74, 6) is 0.0269. The first-order valence-corrected chi connectivity index (χ1v) is 9.24. The van der Waals surface area contributed by atoms with Gasteiger partial charge >= 0.3 is 0 Å². The van der Waals surface area contributed by atoms with E-state index in [-0.39, 0.29) is 11.8 Å². The topological polar surface area (TPSA) is 61.4 Å². The average Bonchev–Trinajstić information content (AvgIpc) is 3.17. The van der Waals surface area contributed by atoms with Gasteiger partial charge in [-0.2, -0.15) is 0 Å². The van der Waals surface area contributed by atoms with E-state index in [1.165, 1.54) is 18.5 Å². The number of amides is 2. The van der Waals surface area contributed by atoms with E-state index in [0.717, 1.165) is 42.0 Å². The zero-order chi connectivity index (χ0) is 17.9. The summed E-state index contributed by atoms with van der Waals surface area (Å²) in [6.45, 7) is 2.23. The van der Waals surface area contributed by atoms with Crippen LogP contribution in [0.5, 0.6) is 0 Å². The van der Waals surface area contributed by atoms with Gasteiger partial charge in [0, 0.05) is 36.6 Å². The molecule has 0 unspecified atom stereocenters. The highest BCUT2D eigenvalue weighted by Gasteiger charge is 2.16. The summed E-state index contributed by atoms with van der Waals surface area (Å²) in [6, 6.07) is 13.9. The molecule has 0 spiro atoms. The van der Waals surface area contributed by atoms with Gasteiger partial charge in [-0.15, -0.1) is 0 Å². The summed E-state index contributed by atoms with van der Waals surface area (Å²) in [6.07, 6.45) is 4.07. The van der Waals surface area contributed by atoms with E-state index in [0.29, 0.717) is 12.8 Å². The molecule has 0 aromatic heterocycles. The standard InChI is InChI=1S/C21H23N3O2/c25-20-10-4-16-13-15(3-9-19(16)23-20)14-21(26)22-17-5-7-18(8-6-17)24-11-1-2-12-24/h3,5-9,13H,1-2,4,10-12,14H2,(H,22,26)(H,23,25). The normalized spacial score (nSPS) is 16.2. The maximum absolute atomic E-state index is 12.4. The molecule has 134 valence electrons. The van der Waals surface area contributed by atoms with Crippen LogP contribution in [0.2, 0.25) is 0 Å². The van der Waals surface area contributed by atoms with Crippen LogP contribution in [0.25, 0.3) is 0 Å². The summed E-state index contributed by atoms with van der Waals surface area (Å²) in [7, 11) is 0. The molecule has 0 radical (unpaired) electrons. The van der Waals surface area contributed by atoms with Crippen molar-refractivity contribution in [3.63, 3.8) is 0 Å². The largest absolute Gasteiger partial charge is 0.372 e. The summed E-state index contributed by atoms with van der Waals surface area (Å²) < 4.78 is 0. The van der Waals surface area contributed by atoms with Crippen LogP contribution in [0.3, 0.4) is 0 Å². The third-order valence-corrected chi connectivity index (χ3v) is 5.05. The minimum absolute atomic E-state index is 0.0290. The first kappa shape index (κ1) is 16.6. The SMILES string of the molecule is O=C(Cc1ccc2c(c1)CCC(=O)N2)Nc1ccc(N2CCCC2)cc1. The lowest BCUT2D eigenvalue weighted by molar-refractivity contribution is -0.117. The van der Waals surface area contributed by atoms with Crippen LogP contribution in [0.15, 0.2) is 42.5 Å². The first-order chi connectivity index (χ1) is 12.7. The predicted octanol–water partition coefficient (Wildman–Crippen LogP) is 3.35. The molecule has 0 saturated carbocycles. The fourth-order valence-corrected chi connectivity index (χ4v) is 3.67. The molecule has 26 heavy (non-hydrogen) atoms. The number of benzene rings is 2. The van der Waals surface area contributed by atoms with Gasteiger partial charge in [0.05, 0.1) is 6.42 Å². The molecule has 5 heteroatoms. The number of carbonyl (C=O) groups is 2. The Morgan fingerprint density at radius 2 is 1.81 bits per heavy atom. The number of fused-ring (bicyclic) bond motifs is 1. The number of nitrogens with one attached hydrogen (secondary N) is 2. The molecule has 2 aromatic carbocycles. The monoisotopic (exact) mass is 349 g/mol.